The van der Waals surface area contributed by atoms with Gasteiger partial charge in [0.05, 0.1) is 23.4 Å². The second-order valence-corrected chi connectivity index (χ2v) is 5.39. The van der Waals surface area contributed by atoms with Crippen LogP contribution in [-0.4, -0.2) is 16.4 Å². The van der Waals surface area contributed by atoms with Crippen LogP contribution in [-0.2, 0) is 0 Å². The third-order valence-electron chi connectivity index (χ3n) is 3.14. The summed E-state index contributed by atoms with van der Waals surface area (Å²) in [5, 5.41) is 21.7. The molecule has 0 saturated carbocycles. The van der Waals surface area contributed by atoms with Gasteiger partial charge in [-0.2, -0.15) is 5.43 Å². The normalized spacial score (nSPS) is 14.1. The molecule has 0 aliphatic carbocycles. The van der Waals surface area contributed by atoms with Gasteiger partial charge in [-0.3, -0.25) is 0 Å². The minimum Gasteiger partial charge on any atom is -0.593 e. The van der Waals surface area contributed by atoms with E-state index in [-0.39, 0.29) is 11.5 Å². The van der Waals surface area contributed by atoms with Crippen LogP contribution in [0.1, 0.15) is 11.1 Å². The van der Waals surface area contributed by atoms with Crippen molar-refractivity contribution < 1.29 is 15.6 Å². The molecule has 2 aromatic carbocycles. The van der Waals surface area contributed by atoms with E-state index in [1.165, 1.54) is 6.07 Å². The van der Waals surface area contributed by atoms with Crippen molar-refractivity contribution in [1.82, 2.24) is 0 Å². The Morgan fingerprint density at radius 2 is 1.85 bits per heavy atom. The van der Waals surface area contributed by atoms with Gasteiger partial charge in [-0.05, 0) is 23.8 Å². The van der Waals surface area contributed by atoms with Gasteiger partial charge in [0.15, 0.2) is 5.70 Å². The Balaban J connectivity index is 2.11. The van der Waals surface area contributed by atoms with Crippen LogP contribution in [0.2, 0.25) is 0 Å². The van der Waals surface area contributed by atoms with Crippen molar-refractivity contribution in [3.63, 3.8) is 0 Å². The number of hydrogen-bond donors (Lipinski definition) is 2. The molecule has 5 heteroatoms. The standard InChI is InChI=1S/C15H11BrN2O2/c16-10-3-1-9(2-4-10)13-8-17-18-15(13)12-6-5-11(19)7-14(12)20/h1-8,19-20H,(H,17,18)/p+2. The SMILES string of the molecule is Oc1cc([OH2+])ccc1C1=C(c2ccc(Br)cc2)C=N[NH2+]1. The molecule has 5 N–H and O–H groups in total. The van der Waals surface area contributed by atoms with E-state index in [4.69, 9.17) is 5.11 Å². The van der Waals surface area contributed by atoms with Crippen molar-refractivity contribution in [2.24, 2.45) is 5.10 Å². The molecule has 0 radical (unpaired) electrons. The number of allylic oxidation sites excluding steroid dienone is 1. The quantitative estimate of drug-likeness (QED) is 0.641. The lowest BCUT2D eigenvalue weighted by Gasteiger charge is -2.05. The molecule has 20 heavy (non-hydrogen) atoms. The molecule has 4 nitrogen and oxygen atoms in total. The molecular formula is C15H13BrN2O2+2. The van der Waals surface area contributed by atoms with Gasteiger partial charge < -0.3 is 10.2 Å². The second kappa shape index (κ2) is 5.11. The van der Waals surface area contributed by atoms with Crippen LogP contribution in [0.4, 0.5) is 0 Å². The Bertz CT molecular complexity index is 721. The van der Waals surface area contributed by atoms with E-state index in [9.17, 15) is 5.11 Å². The third kappa shape index (κ3) is 2.33. The number of nitrogens with two attached hydrogens (primary N) is 1. The number of phenols is 1. The molecule has 1 aliphatic heterocycles. The van der Waals surface area contributed by atoms with Crippen molar-refractivity contribution in [2.45, 2.75) is 0 Å². The largest absolute Gasteiger partial charge is 0.593 e. The maximum atomic E-state index is 10.0. The van der Waals surface area contributed by atoms with E-state index in [0.29, 0.717) is 5.56 Å². The number of rotatable bonds is 2. The van der Waals surface area contributed by atoms with Crippen molar-refractivity contribution in [1.29, 1.82) is 0 Å². The predicted molar refractivity (Wildman–Crippen MR) is 82.5 cm³/mol. The molecule has 0 spiro atoms. The summed E-state index contributed by atoms with van der Waals surface area (Å²) in [6.07, 6.45) is 1.78. The Morgan fingerprint density at radius 1 is 1.10 bits per heavy atom. The number of hydrogen-bond acceptors (Lipinski definition) is 2. The number of halogens is 1. The number of aromatic hydroxyl groups is 1. The molecule has 0 amide bonds. The zero-order valence-corrected chi connectivity index (χ0v) is 12.1. The lowest BCUT2D eigenvalue weighted by atomic mass is 10.0. The van der Waals surface area contributed by atoms with E-state index in [2.05, 4.69) is 21.0 Å². The smallest absolute Gasteiger partial charge is 0.257 e. The Hall–Kier alpha value is -2.11. The summed E-state index contributed by atoms with van der Waals surface area (Å²) in [6, 6.07) is 12.8. The fourth-order valence-electron chi connectivity index (χ4n) is 2.16. The van der Waals surface area contributed by atoms with Gasteiger partial charge in [-0.25, -0.2) is 0 Å². The molecule has 0 saturated heterocycles. The minimum absolute atomic E-state index is 0.101. The average molecular weight is 333 g/mol. The number of quaternary nitrogens is 1. The summed E-state index contributed by atoms with van der Waals surface area (Å²) in [6.45, 7) is 0. The zero-order chi connectivity index (χ0) is 14.1. The van der Waals surface area contributed by atoms with Crippen molar-refractivity contribution in [3.05, 3.63) is 58.1 Å². The van der Waals surface area contributed by atoms with Gasteiger partial charge in [0, 0.05) is 10.5 Å². The lowest BCUT2D eigenvalue weighted by Crippen LogP contribution is -2.72. The third-order valence-corrected chi connectivity index (χ3v) is 3.67. The first-order chi connectivity index (χ1) is 9.65. The van der Waals surface area contributed by atoms with Crippen LogP contribution in [0.5, 0.6) is 11.5 Å². The molecule has 0 atom stereocenters. The number of benzene rings is 2. The minimum atomic E-state index is 0.101. The van der Waals surface area contributed by atoms with E-state index in [0.717, 1.165) is 21.3 Å². The van der Waals surface area contributed by atoms with Crippen LogP contribution >= 0.6 is 15.9 Å². The number of phenolic OH excluding ortho intramolecular Hbond substituents is 1. The van der Waals surface area contributed by atoms with Gasteiger partial charge in [0.1, 0.15) is 5.75 Å². The van der Waals surface area contributed by atoms with Gasteiger partial charge in [0.2, 0.25) is 0 Å². The second-order valence-electron chi connectivity index (χ2n) is 4.47. The molecule has 2 aromatic rings. The van der Waals surface area contributed by atoms with Crippen LogP contribution in [0, 0.1) is 0 Å². The predicted octanol–water partition coefficient (Wildman–Crippen LogP) is 2.02. The molecule has 1 aliphatic rings. The highest BCUT2D eigenvalue weighted by Gasteiger charge is 2.22. The maximum absolute atomic E-state index is 10.0. The van der Waals surface area contributed by atoms with Gasteiger partial charge in [-0.1, -0.05) is 33.2 Å². The topological polar surface area (TPSA) is 72.1 Å². The van der Waals surface area contributed by atoms with Crippen LogP contribution < -0.4 is 5.43 Å². The molecule has 1 heterocycles. The van der Waals surface area contributed by atoms with Crippen molar-refractivity contribution >= 4 is 33.4 Å². The molecule has 0 aromatic heterocycles. The summed E-state index contributed by atoms with van der Waals surface area (Å²) >= 11 is 3.42. The molecule has 3 rings (SSSR count). The van der Waals surface area contributed by atoms with Crippen LogP contribution in [0.25, 0.3) is 11.3 Å². The summed E-state index contributed by atoms with van der Waals surface area (Å²) in [5.74, 6) is 0.389. The highest BCUT2D eigenvalue weighted by molar-refractivity contribution is 9.10. The van der Waals surface area contributed by atoms with E-state index in [1.54, 1.807) is 23.8 Å². The number of nitrogens with zero attached hydrogens (tertiary/aromatic N) is 1. The molecule has 100 valence electrons. The van der Waals surface area contributed by atoms with E-state index >= 15 is 0 Å². The van der Waals surface area contributed by atoms with E-state index in [1.807, 2.05) is 24.3 Å². The maximum Gasteiger partial charge on any atom is 0.257 e. The first-order valence-corrected chi connectivity index (χ1v) is 6.86. The average Bonchev–Trinajstić information content (AvgIpc) is 2.88. The van der Waals surface area contributed by atoms with Crippen molar-refractivity contribution in [3.8, 4) is 11.5 Å². The Morgan fingerprint density at radius 3 is 2.55 bits per heavy atom. The van der Waals surface area contributed by atoms with Crippen molar-refractivity contribution in [2.75, 3.05) is 0 Å². The van der Waals surface area contributed by atoms with Crippen LogP contribution in [0.3, 0.4) is 0 Å². The fourth-order valence-corrected chi connectivity index (χ4v) is 2.42. The van der Waals surface area contributed by atoms with Gasteiger partial charge in [-0.15, -0.1) is 0 Å². The van der Waals surface area contributed by atoms with Crippen LogP contribution in [0.15, 0.2) is 52.0 Å². The summed E-state index contributed by atoms with van der Waals surface area (Å²) in [4.78, 5) is 0. The first-order valence-electron chi connectivity index (χ1n) is 6.07. The summed E-state index contributed by atoms with van der Waals surface area (Å²) in [7, 11) is 0. The summed E-state index contributed by atoms with van der Waals surface area (Å²) in [5.41, 5.74) is 5.29. The monoisotopic (exact) mass is 332 g/mol. The zero-order valence-electron chi connectivity index (χ0n) is 10.5. The molecule has 0 bridgehead atoms. The highest BCUT2D eigenvalue weighted by Crippen LogP contribution is 2.31. The first kappa shape index (κ1) is 12.9. The summed E-state index contributed by atoms with van der Waals surface area (Å²) < 4.78 is 1.02. The fraction of sp³-hybridized carbons (Fsp3) is 0. The van der Waals surface area contributed by atoms with Gasteiger partial charge in [0.25, 0.3) is 5.75 Å². The Kier molecular flexibility index (Phi) is 3.30. The van der Waals surface area contributed by atoms with E-state index < -0.39 is 0 Å². The van der Waals surface area contributed by atoms with Gasteiger partial charge >= 0.3 is 0 Å². The lowest BCUT2D eigenvalue weighted by molar-refractivity contribution is -0.564. The molecule has 0 unspecified atom stereocenters. The molecular weight excluding hydrogens is 320 g/mol. The molecule has 0 fully saturated rings. The highest BCUT2D eigenvalue weighted by atomic mass is 79.9. The Labute approximate surface area is 124 Å².